The summed E-state index contributed by atoms with van der Waals surface area (Å²) >= 11 is 0. The van der Waals surface area contributed by atoms with Gasteiger partial charge in [0.1, 0.15) is 6.29 Å². The van der Waals surface area contributed by atoms with Gasteiger partial charge in [-0.05, 0) is 58.1 Å². The Morgan fingerprint density at radius 2 is 1.89 bits per heavy atom. The zero-order chi connectivity index (χ0) is 14.7. The zero-order valence-corrected chi connectivity index (χ0v) is 13.1. The SMILES string of the molecule is CC/C=C/C(C=O)(C=C=C(C)CCC=C(C)C)CC. The van der Waals surface area contributed by atoms with Gasteiger partial charge in [-0.2, -0.15) is 0 Å². The van der Waals surface area contributed by atoms with Crippen LogP contribution < -0.4 is 0 Å². The summed E-state index contributed by atoms with van der Waals surface area (Å²) in [7, 11) is 0. The van der Waals surface area contributed by atoms with Crippen LogP contribution in [0, 0.1) is 5.41 Å². The van der Waals surface area contributed by atoms with E-state index in [4.69, 9.17) is 0 Å². The van der Waals surface area contributed by atoms with E-state index in [9.17, 15) is 4.79 Å². The van der Waals surface area contributed by atoms with Crippen LogP contribution in [0.3, 0.4) is 0 Å². The summed E-state index contributed by atoms with van der Waals surface area (Å²) in [5, 5.41) is 0. The molecule has 1 heteroatoms. The van der Waals surface area contributed by atoms with Gasteiger partial charge in [0.05, 0.1) is 5.41 Å². The van der Waals surface area contributed by atoms with E-state index in [1.165, 1.54) is 11.1 Å². The first-order chi connectivity index (χ1) is 8.99. The standard InChI is InChI=1S/C18H28O/c1-6-8-13-18(7-2,15-19)14-12-17(5)11-9-10-16(3)4/h8,10,13-15H,6-7,9,11H2,1-5H3/b13-8+. The van der Waals surface area contributed by atoms with Crippen LogP contribution in [0.25, 0.3) is 0 Å². The van der Waals surface area contributed by atoms with Crippen molar-refractivity contribution >= 4 is 6.29 Å². The molecule has 0 aliphatic rings. The summed E-state index contributed by atoms with van der Waals surface area (Å²) in [6.07, 6.45) is 13.0. The lowest BCUT2D eigenvalue weighted by Crippen LogP contribution is -2.14. The minimum atomic E-state index is -0.478. The second kappa shape index (κ2) is 9.58. The van der Waals surface area contributed by atoms with E-state index in [2.05, 4.69) is 45.6 Å². The molecule has 0 fully saturated rings. The lowest BCUT2D eigenvalue weighted by atomic mass is 9.86. The Balaban J connectivity index is 4.90. The Hall–Kier alpha value is -1.33. The molecule has 0 aromatic carbocycles. The van der Waals surface area contributed by atoms with Crippen molar-refractivity contribution in [3.05, 3.63) is 41.2 Å². The number of aldehydes is 1. The molecule has 1 nitrogen and oxygen atoms in total. The monoisotopic (exact) mass is 260 g/mol. The third-order valence-electron chi connectivity index (χ3n) is 3.15. The summed E-state index contributed by atoms with van der Waals surface area (Å²) in [4.78, 5) is 11.3. The van der Waals surface area contributed by atoms with Crippen molar-refractivity contribution in [1.82, 2.24) is 0 Å². The second-order valence-corrected chi connectivity index (χ2v) is 5.28. The van der Waals surface area contributed by atoms with Gasteiger partial charge in [0.25, 0.3) is 0 Å². The Morgan fingerprint density at radius 3 is 2.37 bits per heavy atom. The summed E-state index contributed by atoms with van der Waals surface area (Å²) in [5.41, 5.74) is 5.35. The summed E-state index contributed by atoms with van der Waals surface area (Å²) < 4.78 is 0. The van der Waals surface area contributed by atoms with Crippen molar-refractivity contribution in [1.29, 1.82) is 0 Å². The zero-order valence-electron chi connectivity index (χ0n) is 13.1. The average Bonchev–Trinajstić information content (AvgIpc) is 2.39. The quantitative estimate of drug-likeness (QED) is 0.324. The third-order valence-corrected chi connectivity index (χ3v) is 3.15. The molecule has 0 amide bonds. The fraction of sp³-hybridized carbons (Fsp3) is 0.556. The smallest absolute Gasteiger partial charge is 0.134 e. The van der Waals surface area contributed by atoms with Crippen LogP contribution in [0.1, 0.15) is 60.3 Å². The third kappa shape index (κ3) is 7.64. The Kier molecular flexibility index (Phi) is 8.91. The van der Waals surface area contributed by atoms with Crippen LogP contribution in [-0.4, -0.2) is 6.29 Å². The minimum absolute atomic E-state index is 0.478. The van der Waals surface area contributed by atoms with E-state index in [1.807, 2.05) is 19.1 Å². The highest BCUT2D eigenvalue weighted by atomic mass is 16.1. The first-order valence-electron chi connectivity index (χ1n) is 7.20. The maximum absolute atomic E-state index is 11.3. The molecular weight excluding hydrogens is 232 g/mol. The molecule has 0 aromatic heterocycles. The lowest BCUT2D eigenvalue weighted by molar-refractivity contribution is -0.112. The number of carbonyl (C=O) groups is 1. The molecule has 19 heavy (non-hydrogen) atoms. The van der Waals surface area contributed by atoms with Gasteiger partial charge >= 0.3 is 0 Å². The Labute approximate surface area is 118 Å². The molecule has 0 radical (unpaired) electrons. The number of hydrogen-bond acceptors (Lipinski definition) is 1. The molecule has 0 spiro atoms. The molecule has 0 saturated carbocycles. The van der Waals surface area contributed by atoms with Crippen LogP contribution in [0.4, 0.5) is 0 Å². The average molecular weight is 260 g/mol. The topological polar surface area (TPSA) is 17.1 Å². The van der Waals surface area contributed by atoms with Crippen LogP contribution in [0.2, 0.25) is 0 Å². The molecule has 0 aromatic rings. The van der Waals surface area contributed by atoms with Gasteiger partial charge in [-0.25, -0.2) is 0 Å². The van der Waals surface area contributed by atoms with E-state index < -0.39 is 5.41 Å². The van der Waals surface area contributed by atoms with E-state index in [1.54, 1.807) is 0 Å². The van der Waals surface area contributed by atoms with Gasteiger partial charge in [-0.3, -0.25) is 0 Å². The van der Waals surface area contributed by atoms with Gasteiger partial charge in [0, 0.05) is 0 Å². The van der Waals surface area contributed by atoms with Crippen LogP contribution >= 0.6 is 0 Å². The molecule has 0 bridgehead atoms. The summed E-state index contributed by atoms with van der Waals surface area (Å²) in [6, 6.07) is 0. The predicted octanol–water partition coefficient (Wildman–Crippen LogP) is 5.40. The second-order valence-electron chi connectivity index (χ2n) is 5.28. The van der Waals surface area contributed by atoms with Crippen molar-refractivity contribution < 1.29 is 4.79 Å². The van der Waals surface area contributed by atoms with Gasteiger partial charge in [-0.1, -0.05) is 37.6 Å². The van der Waals surface area contributed by atoms with Crippen molar-refractivity contribution in [2.75, 3.05) is 0 Å². The molecule has 0 heterocycles. The highest BCUT2D eigenvalue weighted by Crippen LogP contribution is 2.23. The highest BCUT2D eigenvalue weighted by molar-refractivity contribution is 5.66. The van der Waals surface area contributed by atoms with E-state index in [0.29, 0.717) is 0 Å². The van der Waals surface area contributed by atoms with Gasteiger partial charge in [-0.15, -0.1) is 5.73 Å². The molecule has 1 atom stereocenters. The van der Waals surface area contributed by atoms with Gasteiger partial charge < -0.3 is 4.79 Å². The van der Waals surface area contributed by atoms with E-state index in [-0.39, 0.29) is 0 Å². The van der Waals surface area contributed by atoms with E-state index in [0.717, 1.165) is 32.0 Å². The van der Waals surface area contributed by atoms with Crippen LogP contribution in [-0.2, 0) is 4.79 Å². The predicted molar refractivity (Wildman–Crippen MR) is 84.2 cm³/mol. The molecule has 0 saturated heterocycles. The minimum Gasteiger partial charge on any atom is -0.302 e. The molecule has 1 unspecified atom stereocenters. The molecule has 0 aliphatic carbocycles. The number of rotatable bonds is 8. The molecule has 0 N–H and O–H groups in total. The maximum Gasteiger partial charge on any atom is 0.134 e. The van der Waals surface area contributed by atoms with Crippen molar-refractivity contribution in [3.8, 4) is 0 Å². The van der Waals surface area contributed by atoms with Gasteiger partial charge in [0.15, 0.2) is 0 Å². The fourth-order valence-corrected chi connectivity index (χ4v) is 1.67. The van der Waals surface area contributed by atoms with Crippen molar-refractivity contribution in [3.63, 3.8) is 0 Å². The highest BCUT2D eigenvalue weighted by Gasteiger charge is 2.20. The number of hydrogen-bond donors (Lipinski definition) is 0. The molecule has 0 aliphatic heterocycles. The first-order valence-corrected chi connectivity index (χ1v) is 7.20. The summed E-state index contributed by atoms with van der Waals surface area (Å²) in [6.45, 7) is 10.4. The Bertz CT molecular complexity index is 388. The molecular formula is C18H28O. The van der Waals surface area contributed by atoms with Crippen molar-refractivity contribution in [2.45, 2.75) is 60.3 Å². The summed E-state index contributed by atoms with van der Waals surface area (Å²) in [5.74, 6) is 0. The Morgan fingerprint density at radius 1 is 1.21 bits per heavy atom. The van der Waals surface area contributed by atoms with E-state index >= 15 is 0 Å². The fourth-order valence-electron chi connectivity index (χ4n) is 1.67. The largest absolute Gasteiger partial charge is 0.302 e. The van der Waals surface area contributed by atoms with Gasteiger partial charge in [0.2, 0.25) is 0 Å². The van der Waals surface area contributed by atoms with Crippen LogP contribution in [0.15, 0.2) is 41.2 Å². The van der Waals surface area contributed by atoms with Crippen LogP contribution in [0.5, 0.6) is 0 Å². The lowest BCUT2D eigenvalue weighted by Gasteiger charge is -2.16. The molecule has 0 rings (SSSR count). The maximum atomic E-state index is 11.3. The number of carbonyl (C=O) groups excluding carboxylic acids is 1. The molecule has 106 valence electrons. The number of allylic oxidation sites excluding steroid dienone is 5. The normalized spacial score (nSPS) is 13.5. The first kappa shape index (κ1) is 17.7. The van der Waals surface area contributed by atoms with Crippen molar-refractivity contribution in [2.24, 2.45) is 5.41 Å².